The van der Waals surface area contributed by atoms with Crippen molar-refractivity contribution in [3.8, 4) is 11.1 Å². The van der Waals surface area contributed by atoms with Crippen LogP contribution in [-0.4, -0.2) is 4.98 Å². The highest BCUT2D eigenvalue weighted by molar-refractivity contribution is 6.29. The first-order valence-electron chi connectivity index (χ1n) is 4.35. The minimum Gasteiger partial charge on any atom is -0.241 e. The van der Waals surface area contributed by atoms with Crippen LogP contribution in [-0.2, 0) is 0 Å². The van der Waals surface area contributed by atoms with Gasteiger partial charge in [-0.25, -0.2) is 18.2 Å². The first kappa shape index (κ1) is 11.0. The summed E-state index contributed by atoms with van der Waals surface area (Å²) in [7, 11) is 0. The van der Waals surface area contributed by atoms with Crippen LogP contribution in [0, 0.1) is 17.5 Å². The summed E-state index contributed by atoms with van der Waals surface area (Å²) < 4.78 is 39.4. The van der Waals surface area contributed by atoms with Crippen molar-refractivity contribution in [2.24, 2.45) is 0 Å². The van der Waals surface area contributed by atoms with Crippen LogP contribution in [0.2, 0.25) is 5.15 Å². The van der Waals surface area contributed by atoms with Gasteiger partial charge in [-0.15, -0.1) is 0 Å². The van der Waals surface area contributed by atoms with Crippen LogP contribution in [0.4, 0.5) is 13.2 Å². The van der Waals surface area contributed by atoms with Gasteiger partial charge in [0.05, 0.1) is 0 Å². The Morgan fingerprint density at radius 1 is 1.06 bits per heavy atom. The molecule has 2 aromatic rings. The molecule has 0 saturated carbocycles. The fraction of sp³-hybridized carbons (Fsp3) is 0. The second kappa shape index (κ2) is 4.14. The Morgan fingerprint density at radius 3 is 2.50 bits per heavy atom. The van der Waals surface area contributed by atoms with E-state index in [-0.39, 0.29) is 16.3 Å². The topological polar surface area (TPSA) is 12.9 Å². The molecule has 82 valence electrons. The third kappa shape index (κ3) is 1.88. The summed E-state index contributed by atoms with van der Waals surface area (Å²) in [5, 5.41) is -0.305. The first-order chi connectivity index (χ1) is 7.59. The van der Waals surface area contributed by atoms with Gasteiger partial charge in [-0.2, -0.15) is 0 Å². The van der Waals surface area contributed by atoms with Crippen LogP contribution in [0.5, 0.6) is 0 Å². The molecule has 0 fully saturated rings. The van der Waals surface area contributed by atoms with Crippen molar-refractivity contribution in [1.82, 2.24) is 4.98 Å². The third-order valence-corrected chi connectivity index (χ3v) is 2.34. The van der Waals surface area contributed by atoms with E-state index < -0.39 is 17.5 Å². The fourth-order valence-corrected chi connectivity index (χ4v) is 1.40. The van der Waals surface area contributed by atoms with Gasteiger partial charge in [-0.05, 0) is 12.1 Å². The average molecular weight is 244 g/mol. The number of hydrogen-bond acceptors (Lipinski definition) is 1. The molecule has 0 bridgehead atoms. The van der Waals surface area contributed by atoms with Crippen molar-refractivity contribution in [2.75, 3.05) is 0 Å². The number of pyridine rings is 1. The number of aromatic nitrogens is 1. The quantitative estimate of drug-likeness (QED) is 0.694. The summed E-state index contributed by atoms with van der Waals surface area (Å²) in [5.41, 5.74) is 0.0852. The highest BCUT2D eigenvalue weighted by Crippen LogP contribution is 2.25. The predicted octanol–water partition coefficient (Wildman–Crippen LogP) is 3.82. The lowest BCUT2D eigenvalue weighted by Crippen LogP contribution is -1.91. The smallest absolute Gasteiger partial charge is 0.166 e. The lowest BCUT2D eigenvalue weighted by molar-refractivity contribution is 0.511. The molecule has 0 saturated heterocycles. The summed E-state index contributed by atoms with van der Waals surface area (Å²) >= 11 is 5.39. The Bertz CT molecular complexity index is 543. The molecule has 1 aromatic carbocycles. The molecule has 1 nitrogen and oxygen atoms in total. The van der Waals surface area contributed by atoms with Crippen LogP contribution >= 0.6 is 11.6 Å². The van der Waals surface area contributed by atoms with Gasteiger partial charge < -0.3 is 0 Å². The maximum Gasteiger partial charge on any atom is 0.166 e. The molecule has 0 amide bonds. The summed E-state index contributed by atoms with van der Waals surface area (Å²) in [6.45, 7) is 0. The second-order valence-corrected chi connectivity index (χ2v) is 3.46. The van der Waals surface area contributed by atoms with E-state index in [4.69, 9.17) is 11.6 Å². The van der Waals surface area contributed by atoms with Crippen LogP contribution < -0.4 is 0 Å². The Hall–Kier alpha value is -1.55. The molecule has 5 heteroatoms. The Balaban J connectivity index is 2.59. The molecule has 0 unspecified atom stereocenters. The van der Waals surface area contributed by atoms with Crippen LogP contribution in [0.15, 0.2) is 30.5 Å². The molecule has 1 aromatic heterocycles. The highest BCUT2D eigenvalue weighted by Gasteiger charge is 2.11. The maximum atomic E-state index is 13.4. The van der Waals surface area contributed by atoms with Gasteiger partial charge in [-0.3, -0.25) is 0 Å². The van der Waals surface area contributed by atoms with E-state index in [2.05, 4.69) is 4.98 Å². The molecule has 16 heavy (non-hydrogen) atoms. The van der Waals surface area contributed by atoms with Crippen molar-refractivity contribution in [3.05, 3.63) is 53.1 Å². The molecule has 0 aliphatic rings. The predicted molar refractivity (Wildman–Crippen MR) is 54.6 cm³/mol. The normalized spacial score (nSPS) is 10.5. The number of halogens is 4. The molecule has 0 N–H and O–H groups in total. The minimum atomic E-state index is -1.04. The Labute approximate surface area is 94.5 Å². The van der Waals surface area contributed by atoms with E-state index in [1.807, 2.05) is 0 Å². The van der Waals surface area contributed by atoms with Gasteiger partial charge >= 0.3 is 0 Å². The zero-order valence-electron chi connectivity index (χ0n) is 7.85. The average Bonchev–Trinajstić information content (AvgIpc) is 2.26. The number of hydrogen-bond donors (Lipinski definition) is 0. The van der Waals surface area contributed by atoms with Gasteiger partial charge in [0.25, 0.3) is 0 Å². The molecular formula is C11H5ClF3N. The summed E-state index contributed by atoms with van der Waals surface area (Å²) in [5.74, 6) is -2.80. The standard InChI is InChI=1S/C11H5ClF3N/c12-11-9(14)4-6(5-16-11)7-2-1-3-8(13)10(7)15/h1-5H. The van der Waals surface area contributed by atoms with Gasteiger partial charge in [0, 0.05) is 17.3 Å². The Kier molecular flexibility index (Phi) is 2.83. The van der Waals surface area contributed by atoms with Gasteiger partial charge in [0.15, 0.2) is 22.6 Å². The summed E-state index contributed by atoms with van der Waals surface area (Å²) in [4.78, 5) is 3.53. The Morgan fingerprint density at radius 2 is 1.81 bits per heavy atom. The van der Waals surface area contributed by atoms with E-state index in [1.165, 1.54) is 18.3 Å². The van der Waals surface area contributed by atoms with Crippen molar-refractivity contribution in [3.63, 3.8) is 0 Å². The molecule has 0 radical (unpaired) electrons. The summed E-state index contributed by atoms with van der Waals surface area (Å²) in [6, 6.07) is 4.66. The molecule has 0 spiro atoms. The fourth-order valence-electron chi connectivity index (χ4n) is 1.30. The van der Waals surface area contributed by atoms with E-state index >= 15 is 0 Å². The second-order valence-electron chi connectivity index (χ2n) is 3.10. The lowest BCUT2D eigenvalue weighted by Gasteiger charge is -2.04. The van der Waals surface area contributed by atoms with Crippen molar-refractivity contribution < 1.29 is 13.2 Å². The molecule has 1 heterocycles. The van der Waals surface area contributed by atoms with Gasteiger partial charge in [0.2, 0.25) is 0 Å². The molecule has 0 aliphatic heterocycles. The van der Waals surface area contributed by atoms with E-state index in [0.717, 1.165) is 12.1 Å². The zero-order chi connectivity index (χ0) is 11.7. The monoisotopic (exact) mass is 243 g/mol. The molecular weight excluding hydrogens is 239 g/mol. The van der Waals surface area contributed by atoms with Crippen molar-refractivity contribution in [1.29, 1.82) is 0 Å². The molecule has 2 rings (SSSR count). The van der Waals surface area contributed by atoms with Crippen LogP contribution in [0.1, 0.15) is 0 Å². The van der Waals surface area contributed by atoms with E-state index in [0.29, 0.717) is 0 Å². The highest BCUT2D eigenvalue weighted by atomic mass is 35.5. The van der Waals surface area contributed by atoms with Gasteiger partial charge in [0.1, 0.15) is 0 Å². The lowest BCUT2D eigenvalue weighted by atomic mass is 10.1. The summed E-state index contributed by atoms with van der Waals surface area (Å²) in [6.07, 6.45) is 1.18. The van der Waals surface area contributed by atoms with Crippen LogP contribution in [0.25, 0.3) is 11.1 Å². The van der Waals surface area contributed by atoms with Crippen molar-refractivity contribution >= 4 is 11.6 Å². The van der Waals surface area contributed by atoms with E-state index in [1.54, 1.807) is 0 Å². The third-order valence-electron chi connectivity index (χ3n) is 2.06. The zero-order valence-corrected chi connectivity index (χ0v) is 8.60. The number of nitrogens with zero attached hydrogens (tertiary/aromatic N) is 1. The maximum absolute atomic E-state index is 13.4. The van der Waals surface area contributed by atoms with Crippen molar-refractivity contribution in [2.45, 2.75) is 0 Å². The molecule has 0 atom stereocenters. The minimum absolute atomic E-state index is 0.0527. The number of rotatable bonds is 1. The van der Waals surface area contributed by atoms with Gasteiger partial charge in [-0.1, -0.05) is 23.7 Å². The first-order valence-corrected chi connectivity index (χ1v) is 4.73. The van der Waals surface area contributed by atoms with E-state index in [9.17, 15) is 13.2 Å². The molecule has 0 aliphatic carbocycles. The largest absolute Gasteiger partial charge is 0.241 e. The number of benzene rings is 1. The SMILES string of the molecule is Fc1cc(-c2cccc(F)c2F)cnc1Cl. The van der Waals surface area contributed by atoms with Crippen LogP contribution in [0.3, 0.4) is 0 Å².